The molecule has 1 aromatic rings. The molecular weight excluding hydrogens is 345 g/mol. The number of hydrazone groups is 1. The van der Waals surface area contributed by atoms with E-state index in [1.807, 2.05) is 0 Å². The number of hydrogen-bond acceptors (Lipinski definition) is 4. The highest BCUT2D eigenvalue weighted by atomic mass is 79.9. The van der Waals surface area contributed by atoms with Crippen molar-refractivity contribution in [3.8, 4) is 0 Å². The van der Waals surface area contributed by atoms with Crippen molar-refractivity contribution in [2.75, 3.05) is 0 Å². The highest BCUT2D eigenvalue weighted by Gasteiger charge is 2.61. The van der Waals surface area contributed by atoms with Crippen LogP contribution in [0.1, 0.15) is 12.1 Å². The fraction of sp³-hybridized carbons (Fsp3) is 0.500. The van der Waals surface area contributed by atoms with Gasteiger partial charge >= 0.3 is 6.18 Å². The van der Waals surface area contributed by atoms with Gasteiger partial charge in [0.1, 0.15) is 6.54 Å². The van der Waals surface area contributed by atoms with E-state index in [1.54, 1.807) is 6.92 Å². The van der Waals surface area contributed by atoms with Crippen LogP contribution >= 0.6 is 15.9 Å². The number of aryl methyl sites for hydroxylation is 1. The van der Waals surface area contributed by atoms with Crippen LogP contribution < -0.4 is 0 Å². The second-order valence-electron chi connectivity index (χ2n) is 4.28. The molecule has 1 N–H and O–H groups in total. The molecule has 2 heterocycles. The summed E-state index contributed by atoms with van der Waals surface area (Å²) in [5, 5.41) is 16.9. The SMILES string of the molecule is Cc1nn(CC(=O)N2N=CC[C@]2(O)C(F)(F)F)cc1Br. The maximum Gasteiger partial charge on any atom is 0.438 e. The molecule has 110 valence electrons. The summed E-state index contributed by atoms with van der Waals surface area (Å²) in [4.78, 5) is 11.9. The lowest BCUT2D eigenvalue weighted by Crippen LogP contribution is -2.57. The lowest BCUT2D eigenvalue weighted by atomic mass is 10.1. The number of carbonyl (C=O) groups is 1. The van der Waals surface area contributed by atoms with Gasteiger partial charge in [0.05, 0.1) is 10.2 Å². The molecule has 20 heavy (non-hydrogen) atoms. The highest BCUT2D eigenvalue weighted by molar-refractivity contribution is 9.10. The Morgan fingerprint density at radius 1 is 1.60 bits per heavy atom. The number of carbonyl (C=O) groups excluding carboxylic acids is 1. The van der Waals surface area contributed by atoms with Crippen LogP contribution in [0.5, 0.6) is 0 Å². The molecule has 0 saturated heterocycles. The number of halogens is 4. The van der Waals surface area contributed by atoms with Crippen molar-refractivity contribution in [2.45, 2.75) is 31.8 Å². The molecular formula is C10H10BrF3N4O2. The minimum absolute atomic E-state index is 0.0535. The van der Waals surface area contributed by atoms with Crippen LogP contribution in [0.3, 0.4) is 0 Å². The Hall–Kier alpha value is -1.42. The molecule has 1 aromatic heterocycles. The minimum Gasteiger partial charge on any atom is -0.362 e. The van der Waals surface area contributed by atoms with Gasteiger partial charge in [0.15, 0.2) is 0 Å². The van der Waals surface area contributed by atoms with E-state index in [1.165, 1.54) is 10.9 Å². The molecule has 1 atom stereocenters. The maximum absolute atomic E-state index is 12.8. The molecule has 0 unspecified atom stereocenters. The zero-order valence-electron chi connectivity index (χ0n) is 10.2. The fourth-order valence-electron chi connectivity index (χ4n) is 1.72. The number of hydrogen-bond donors (Lipinski definition) is 1. The second-order valence-corrected chi connectivity index (χ2v) is 5.14. The van der Waals surface area contributed by atoms with Gasteiger partial charge in [-0.1, -0.05) is 0 Å². The number of nitrogens with zero attached hydrogens (tertiary/aromatic N) is 4. The standard InChI is InChI=1S/C10H10BrF3N4O2/c1-6-7(11)4-17(16-6)5-8(19)18-9(20,2-3-15-18)10(12,13)14/h3-4,20H,2,5H2,1H3/t9-/m0/s1. The van der Waals surface area contributed by atoms with Gasteiger partial charge in [-0.15, -0.1) is 0 Å². The Kier molecular flexibility index (Phi) is 3.63. The molecule has 0 bridgehead atoms. The number of aliphatic hydroxyl groups is 1. The molecule has 0 radical (unpaired) electrons. The number of rotatable bonds is 2. The van der Waals surface area contributed by atoms with E-state index in [0.717, 1.165) is 6.21 Å². The average Bonchev–Trinajstić information content (AvgIpc) is 2.83. The van der Waals surface area contributed by atoms with Gasteiger partial charge < -0.3 is 5.11 Å². The Bertz CT molecular complexity index is 552. The van der Waals surface area contributed by atoms with Crippen LogP contribution in [0.2, 0.25) is 0 Å². The first-order valence-corrected chi connectivity index (χ1v) is 6.28. The van der Waals surface area contributed by atoms with Crippen LogP contribution in [0.15, 0.2) is 15.8 Å². The zero-order chi connectivity index (χ0) is 15.1. The third kappa shape index (κ3) is 2.44. The molecule has 1 aliphatic heterocycles. The van der Waals surface area contributed by atoms with Crippen LogP contribution in [-0.2, 0) is 11.3 Å². The summed E-state index contributed by atoms with van der Waals surface area (Å²) in [7, 11) is 0. The summed E-state index contributed by atoms with van der Waals surface area (Å²) >= 11 is 3.18. The fourth-order valence-corrected chi connectivity index (χ4v) is 2.03. The van der Waals surface area contributed by atoms with Crippen LogP contribution in [0.4, 0.5) is 13.2 Å². The van der Waals surface area contributed by atoms with Gasteiger partial charge in [0.25, 0.3) is 11.6 Å². The largest absolute Gasteiger partial charge is 0.438 e. The smallest absolute Gasteiger partial charge is 0.362 e. The quantitative estimate of drug-likeness (QED) is 0.873. The van der Waals surface area contributed by atoms with Crippen molar-refractivity contribution < 1.29 is 23.1 Å². The Balaban J connectivity index is 2.18. The Labute approximate surface area is 120 Å². The van der Waals surface area contributed by atoms with E-state index >= 15 is 0 Å². The minimum atomic E-state index is -4.99. The van der Waals surface area contributed by atoms with E-state index in [9.17, 15) is 23.1 Å². The van der Waals surface area contributed by atoms with Crippen molar-refractivity contribution >= 4 is 28.1 Å². The van der Waals surface area contributed by atoms with E-state index in [4.69, 9.17) is 0 Å². The van der Waals surface area contributed by atoms with E-state index in [0.29, 0.717) is 10.2 Å². The summed E-state index contributed by atoms with van der Waals surface area (Å²) in [5.74, 6) is -1.01. The first-order chi connectivity index (χ1) is 9.15. The van der Waals surface area contributed by atoms with Crippen molar-refractivity contribution in [2.24, 2.45) is 5.10 Å². The molecule has 1 amide bonds. The van der Waals surface area contributed by atoms with Gasteiger partial charge in [-0.2, -0.15) is 28.4 Å². The monoisotopic (exact) mass is 354 g/mol. The normalized spacial score (nSPS) is 22.6. The van der Waals surface area contributed by atoms with Crippen molar-refractivity contribution in [1.82, 2.24) is 14.8 Å². The third-order valence-electron chi connectivity index (χ3n) is 2.80. The van der Waals surface area contributed by atoms with E-state index in [2.05, 4.69) is 26.1 Å². The predicted octanol–water partition coefficient (Wildman–Crippen LogP) is 1.42. The number of alkyl halides is 3. The van der Waals surface area contributed by atoms with Crippen molar-refractivity contribution in [1.29, 1.82) is 0 Å². The van der Waals surface area contributed by atoms with Crippen LogP contribution in [-0.4, -0.2) is 43.9 Å². The number of amides is 1. The van der Waals surface area contributed by atoms with Crippen LogP contribution in [0.25, 0.3) is 0 Å². The summed E-state index contributed by atoms with van der Waals surface area (Å²) < 4.78 is 40.2. The van der Waals surface area contributed by atoms with Gasteiger partial charge in [-0.3, -0.25) is 9.48 Å². The molecule has 0 saturated carbocycles. The molecule has 6 nitrogen and oxygen atoms in total. The molecule has 1 aliphatic rings. The van der Waals surface area contributed by atoms with Gasteiger partial charge in [0.2, 0.25) is 0 Å². The van der Waals surface area contributed by atoms with Gasteiger partial charge in [-0.25, -0.2) is 0 Å². The highest BCUT2D eigenvalue weighted by Crippen LogP contribution is 2.38. The third-order valence-corrected chi connectivity index (χ3v) is 3.58. The zero-order valence-corrected chi connectivity index (χ0v) is 11.8. The maximum atomic E-state index is 12.8. The molecule has 0 aromatic carbocycles. The first-order valence-electron chi connectivity index (χ1n) is 5.49. The average molecular weight is 355 g/mol. The van der Waals surface area contributed by atoms with Crippen molar-refractivity contribution in [3.05, 3.63) is 16.4 Å². The lowest BCUT2D eigenvalue weighted by molar-refractivity contribution is -0.302. The van der Waals surface area contributed by atoms with Gasteiger partial charge in [-0.05, 0) is 22.9 Å². The van der Waals surface area contributed by atoms with Crippen LogP contribution in [0, 0.1) is 6.92 Å². The molecule has 0 aliphatic carbocycles. The van der Waals surface area contributed by atoms with E-state index < -0.39 is 30.8 Å². The number of aromatic nitrogens is 2. The second kappa shape index (κ2) is 4.85. The summed E-state index contributed by atoms with van der Waals surface area (Å²) in [6.45, 7) is 1.22. The molecule has 0 spiro atoms. The topological polar surface area (TPSA) is 70.7 Å². The first kappa shape index (κ1) is 15.0. The van der Waals surface area contributed by atoms with E-state index in [-0.39, 0.29) is 5.01 Å². The van der Waals surface area contributed by atoms with Gasteiger partial charge in [0, 0.05) is 18.8 Å². The molecule has 0 fully saturated rings. The lowest BCUT2D eigenvalue weighted by Gasteiger charge is -2.32. The molecule has 10 heteroatoms. The summed E-state index contributed by atoms with van der Waals surface area (Å²) in [6, 6.07) is 0. The molecule has 2 rings (SSSR count). The Morgan fingerprint density at radius 2 is 2.25 bits per heavy atom. The predicted molar refractivity (Wildman–Crippen MR) is 65.6 cm³/mol. The summed E-state index contributed by atoms with van der Waals surface area (Å²) in [6.07, 6.45) is -3.46. The summed E-state index contributed by atoms with van der Waals surface area (Å²) in [5.41, 5.74) is -2.70. The Morgan fingerprint density at radius 3 is 2.75 bits per heavy atom. The van der Waals surface area contributed by atoms with Crippen molar-refractivity contribution in [3.63, 3.8) is 0 Å².